The van der Waals surface area contributed by atoms with Crippen LogP contribution < -0.4 is 10.1 Å². The number of hydrogen-bond donors (Lipinski definition) is 1. The zero-order valence-corrected chi connectivity index (χ0v) is 13.0. The first kappa shape index (κ1) is 15.8. The lowest BCUT2D eigenvalue weighted by atomic mass is 9.98. The molecule has 0 saturated carbocycles. The Morgan fingerprint density at radius 2 is 1.90 bits per heavy atom. The molecule has 0 aliphatic carbocycles. The molecule has 1 N–H and O–H groups in total. The van der Waals surface area contributed by atoms with Gasteiger partial charge < -0.3 is 10.1 Å². The van der Waals surface area contributed by atoms with E-state index in [2.05, 4.69) is 5.32 Å². The van der Waals surface area contributed by atoms with Crippen molar-refractivity contribution in [2.75, 3.05) is 13.7 Å². The molecule has 2 aromatic rings. The molecule has 0 heterocycles. The molecule has 2 rings (SSSR count). The van der Waals surface area contributed by atoms with Crippen molar-refractivity contribution in [2.24, 2.45) is 0 Å². The van der Waals surface area contributed by atoms with E-state index in [1.807, 2.05) is 31.2 Å². The van der Waals surface area contributed by atoms with Crippen molar-refractivity contribution in [3.05, 3.63) is 64.4 Å². The van der Waals surface area contributed by atoms with Crippen LogP contribution in [-0.4, -0.2) is 13.7 Å². The number of nitrogens with one attached hydrogen (secondary N) is 1. The van der Waals surface area contributed by atoms with Gasteiger partial charge in [0.25, 0.3) is 0 Å². The van der Waals surface area contributed by atoms with E-state index in [0.29, 0.717) is 17.0 Å². The van der Waals surface area contributed by atoms with Gasteiger partial charge in [-0.15, -0.1) is 0 Å². The van der Waals surface area contributed by atoms with Gasteiger partial charge in [-0.1, -0.05) is 36.7 Å². The average molecular weight is 308 g/mol. The molecule has 0 saturated heterocycles. The van der Waals surface area contributed by atoms with Crippen LogP contribution in [0.25, 0.3) is 0 Å². The largest absolute Gasteiger partial charge is 0.497 e. The van der Waals surface area contributed by atoms with E-state index in [9.17, 15) is 4.39 Å². The van der Waals surface area contributed by atoms with Crippen LogP contribution >= 0.6 is 11.6 Å². The standard InChI is InChI=1S/C17H19ClFNO/c1-3-20-17(12-5-8-15(21-2)9-6-12)10-13-4-7-14(18)11-16(13)19/h4-9,11,17,20H,3,10H2,1-2H3. The molecular formula is C17H19ClFNO. The van der Waals surface area contributed by atoms with Crippen molar-refractivity contribution in [1.82, 2.24) is 5.32 Å². The van der Waals surface area contributed by atoms with Crippen LogP contribution in [-0.2, 0) is 6.42 Å². The Kier molecular flexibility index (Phi) is 5.59. The molecule has 2 nitrogen and oxygen atoms in total. The molecule has 0 spiro atoms. The van der Waals surface area contributed by atoms with Gasteiger partial charge in [0.1, 0.15) is 11.6 Å². The molecular weight excluding hydrogens is 289 g/mol. The second-order valence-corrected chi connectivity index (χ2v) is 5.26. The molecule has 0 amide bonds. The molecule has 0 fully saturated rings. The summed E-state index contributed by atoms with van der Waals surface area (Å²) in [5.41, 5.74) is 1.76. The number of methoxy groups -OCH3 is 1. The maximum Gasteiger partial charge on any atom is 0.127 e. The third-order valence-electron chi connectivity index (χ3n) is 3.41. The van der Waals surface area contributed by atoms with Gasteiger partial charge in [-0.05, 0) is 48.4 Å². The summed E-state index contributed by atoms with van der Waals surface area (Å²) in [6.45, 7) is 2.85. The smallest absolute Gasteiger partial charge is 0.127 e. The van der Waals surface area contributed by atoms with Crippen molar-refractivity contribution in [3.63, 3.8) is 0 Å². The second kappa shape index (κ2) is 7.43. The molecule has 1 unspecified atom stereocenters. The van der Waals surface area contributed by atoms with Crippen molar-refractivity contribution in [3.8, 4) is 5.75 Å². The SMILES string of the molecule is CCNC(Cc1ccc(Cl)cc1F)c1ccc(OC)cc1. The summed E-state index contributed by atoms with van der Waals surface area (Å²) in [5.74, 6) is 0.547. The Labute approximate surface area is 129 Å². The van der Waals surface area contributed by atoms with Crippen molar-refractivity contribution >= 4 is 11.6 Å². The van der Waals surface area contributed by atoms with Crippen LogP contribution in [0.15, 0.2) is 42.5 Å². The average Bonchev–Trinajstić information content (AvgIpc) is 2.49. The first-order valence-corrected chi connectivity index (χ1v) is 7.33. The van der Waals surface area contributed by atoms with Crippen LogP contribution in [0, 0.1) is 5.82 Å². The lowest BCUT2D eigenvalue weighted by Gasteiger charge is -2.19. The minimum Gasteiger partial charge on any atom is -0.497 e. The Morgan fingerprint density at radius 3 is 2.48 bits per heavy atom. The van der Waals surface area contributed by atoms with Gasteiger partial charge in [0.2, 0.25) is 0 Å². The van der Waals surface area contributed by atoms with Crippen LogP contribution in [0.5, 0.6) is 5.75 Å². The van der Waals surface area contributed by atoms with E-state index < -0.39 is 0 Å². The Balaban J connectivity index is 2.21. The lowest BCUT2D eigenvalue weighted by molar-refractivity contribution is 0.414. The van der Waals surface area contributed by atoms with Crippen molar-refractivity contribution < 1.29 is 9.13 Å². The molecule has 0 aliphatic rings. The summed E-state index contributed by atoms with van der Waals surface area (Å²) >= 11 is 5.80. The molecule has 21 heavy (non-hydrogen) atoms. The Bertz CT molecular complexity index is 586. The highest BCUT2D eigenvalue weighted by Gasteiger charge is 2.14. The summed E-state index contributed by atoms with van der Waals surface area (Å²) < 4.78 is 19.1. The van der Waals surface area contributed by atoms with E-state index in [0.717, 1.165) is 17.9 Å². The normalized spacial score (nSPS) is 12.2. The predicted octanol–water partition coefficient (Wildman–Crippen LogP) is 4.38. The lowest BCUT2D eigenvalue weighted by Crippen LogP contribution is -2.23. The van der Waals surface area contributed by atoms with Crippen LogP contribution in [0.1, 0.15) is 24.1 Å². The first-order valence-electron chi connectivity index (χ1n) is 6.95. The minimum atomic E-state index is -0.265. The van der Waals surface area contributed by atoms with E-state index >= 15 is 0 Å². The minimum absolute atomic E-state index is 0.0524. The summed E-state index contributed by atoms with van der Waals surface area (Å²) in [6, 6.07) is 12.7. The molecule has 0 bridgehead atoms. The number of halogens is 2. The Hall–Kier alpha value is -1.58. The molecule has 0 aliphatic heterocycles. The fraction of sp³-hybridized carbons (Fsp3) is 0.294. The van der Waals surface area contributed by atoms with E-state index in [1.54, 1.807) is 19.2 Å². The number of hydrogen-bond acceptors (Lipinski definition) is 2. The molecule has 2 aromatic carbocycles. The first-order chi connectivity index (χ1) is 10.1. The summed E-state index contributed by atoms with van der Waals surface area (Å²) in [5, 5.41) is 3.80. The molecule has 0 aromatic heterocycles. The van der Waals surface area contributed by atoms with Gasteiger partial charge >= 0.3 is 0 Å². The highest BCUT2D eigenvalue weighted by Crippen LogP contribution is 2.24. The second-order valence-electron chi connectivity index (χ2n) is 4.82. The van der Waals surface area contributed by atoms with Gasteiger partial charge in [-0.2, -0.15) is 0 Å². The summed E-state index contributed by atoms with van der Waals surface area (Å²) in [7, 11) is 1.64. The molecule has 1 atom stereocenters. The number of rotatable bonds is 6. The number of benzene rings is 2. The summed E-state index contributed by atoms with van der Waals surface area (Å²) in [4.78, 5) is 0. The zero-order valence-electron chi connectivity index (χ0n) is 12.2. The van der Waals surface area contributed by atoms with Crippen molar-refractivity contribution in [2.45, 2.75) is 19.4 Å². The van der Waals surface area contributed by atoms with Crippen molar-refractivity contribution in [1.29, 1.82) is 0 Å². The van der Waals surface area contributed by atoms with Gasteiger partial charge in [0.15, 0.2) is 0 Å². The third kappa shape index (κ3) is 4.19. The van der Waals surface area contributed by atoms with Crippen LogP contribution in [0.3, 0.4) is 0 Å². The highest BCUT2D eigenvalue weighted by molar-refractivity contribution is 6.30. The molecule has 4 heteroatoms. The van der Waals surface area contributed by atoms with Crippen LogP contribution in [0.2, 0.25) is 5.02 Å². The third-order valence-corrected chi connectivity index (χ3v) is 3.64. The van der Waals surface area contributed by atoms with Gasteiger partial charge in [0, 0.05) is 11.1 Å². The number of ether oxygens (including phenoxy) is 1. The fourth-order valence-electron chi connectivity index (χ4n) is 2.30. The zero-order chi connectivity index (χ0) is 15.2. The monoisotopic (exact) mass is 307 g/mol. The summed E-state index contributed by atoms with van der Waals surface area (Å²) in [6.07, 6.45) is 0.573. The fourth-order valence-corrected chi connectivity index (χ4v) is 2.46. The maximum atomic E-state index is 14.0. The maximum absolute atomic E-state index is 14.0. The van der Waals surface area contributed by atoms with Crippen LogP contribution in [0.4, 0.5) is 4.39 Å². The predicted molar refractivity (Wildman–Crippen MR) is 84.5 cm³/mol. The molecule has 112 valence electrons. The quantitative estimate of drug-likeness (QED) is 0.855. The van der Waals surface area contributed by atoms with Gasteiger partial charge in [0.05, 0.1) is 7.11 Å². The van der Waals surface area contributed by atoms with Gasteiger partial charge in [-0.25, -0.2) is 4.39 Å². The van der Waals surface area contributed by atoms with E-state index in [4.69, 9.17) is 16.3 Å². The van der Waals surface area contributed by atoms with E-state index in [1.165, 1.54) is 6.07 Å². The van der Waals surface area contributed by atoms with Gasteiger partial charge in [-0.3, -0.25) is 0 Å². The highest BCUT2D eigenvalue weighted by atomic mass is 35.5. The topological polar surface area (TPSA) is 21.3 Å². The Morgan fingerprint density at radius 1 is 1.19 bits per heavy atom. The van der Waals surface area contributed by atoms with E-state index in [-0.39, 0.29) is 11.9 Å². The molecule has 0 radical (unpaired) electrons. The number of likely N-dealkylation sites (N-methyl/N-ethyl adjacent to an activating group) is 1.